The first-order chi connectivity index (χ1) is 9.81. The number of sulfonamides is 1. The molecular formula is C13H10ClFN2O2S2. The second-order valence-electron chi connectivity index (χ2n) is 4.09. The van der Waals surface area contributed by atoms with Crippen molar-refractivity contribution in [2.24, 2.45) is 5.73 Å². The zero-order valence-electron chi connectivity index (χ0n) is 10.5. The highest BCUT2D eigenvalue weighted by Crippen LogP contribution is 2.24. The van der Waals surface area contributed by atoms with Crippen molar-refractivity contribution in [3.8, 4) is 0 Å². The zero-order valence-corrected chi connectivity index (χ0v) is 12.9. The summed E-state index contributed by atoms with van der Waals surface area (Å²) in [6.45, 7) is 0. The molecular weight excluding hydrogens is 335 g/mol. The first-order valence-corrected chi connectivity index (χ1v) is 7.95. The molecule has 0 saturated heterocycles. The number of anilines is 1. The SMILES string of the molecule is NC(=S)c1cc(NS(=O)(=O)c2ccccc2Cl)ccc1F. The monoisotopic (exact) mass is 344 g/mol. The van der Waals surface area contributed by atoms with Crippen LogP contribution in [0.3, 0.4) is 0 Å². The molecule has 110 valence electrons. The fourth-order valence-corrected chi connectivity index (χ4v) is 3.38. The van der Waals surface area contributed by atoms with Crippen LogP contribution in [0, 0.1) is 5.82 Å². The van der Waals surface area contributed by atoms with Crippen molar-refractivity contribution in [3.63, 3.8) is 0 Å². The second kappa shape index (κ2) is 5.97. The Hall–Kier alpha value is -1.70. The quantitative estimate of drug-likeness (QED) is 0.836. The molecule has 3 N–H and O–H groups in total. The van der Waals surface area contributed by atoms with Crippen LogP contribution in [-0.4, -0.2) is 13.4 Å². The number of hydrogen-bond acceptors (Lipinski definition) is 3. The maximum atomic E-state index is 13.5. The van der Waals surface area contributed by atoms with Gasteiger partial charge in [-0.15, -0.1) is 0 Å². The molecule has 0 aliphatic carbocycles. The topological polar surface area (TPSA) is 72.2 Å². The Morgan fingerprint density at radius 3 is 2.52 bits per heavy atom. The predicted octanol–water partition coefficient (Wildman–Crippen LogP) is 2.91. The normalized spacial score (nSPS) is 11.1. The van der Waals surface area contributed by atoms with Crippen LogP contribution in [0.5, 0.6) is 0 Å². The van der Waals surface area contributed by atoms with Crippen molar-refractivity contribution in [2.45, 2.75) is 4.90 Å². The molecule has 21 heavy (non-hydrogen) atoms. The predicted molar refractivity (Wildman–Crippen MR) is 84.5 cm³/mol. The largest absolute Gasteiger partial charge is 0.389 e. The Morgan fingerprint density at radius 2 is 1.90 bits per heavy atom. The van der Waals surface area contributed by atoms with Gasteiger partial charge in [0.05, 0.1) is 5.02 Å². The van der Waals surface area contributed by atoms with Crippen LogP contribution in [0.2, 0.25) is 5.02 Å². The first-order valence-electron chi connectivity index (χ1n) is 5.68. The van der Waals surface area contributed by atoms with Gasteiger partial charge in [-0.3, -0.25) is 4.72 Å². The molecule has 2 rings (SSSR count). The number of nitrogens with one attached hydrogen (secondary N) is 1. The summed E-state index contributed by atoms with van der Waals surface area (Å²) in [5.41, 5.74) is 5.48. The molecule has 0 amide bonds. The van der Waals surface area contributed by atoms with Crippen LogP contribution < -0.4 is 10.5 Å². The van der Waals surface area contributed by atoms with E-state index < -0.39 is 15.8 Å². The van der Waals surface area contributed by atoms with Crippen molar-refractivity contribution in [3.05, 3.63) is 58.9 Å². The van der Waals surface area contributed by atoms with E-state index in [9.17, 15) is 12.8 Å². The molecule has 4 nitrogen and oxygen atoms in total. The first kappa shape index (κ1) is 15.7. The number of thiocarbonyl (C=S) groups is 1. The third-order valence-electron chi connectivity index (χ3n) is 2.61. The van der Waals surface area contributed by atoms with Crippen molar-refractivity contribution in [2.75, 3.05) is 4.72 Å². The summed E-state index contributed by atoms with van der Waals surface area (Å²) in [6, 6.07) is 9.57. The number of halogens is 2. The lowest BCUT2D eigenvalue weighted by molar-refractivity contribution is 0.601. The molecule has 0 atom stereocenters. The summed E-state index contributed by atoms with van der Waals surface area (Å²) in [7, 11) is -3.89. The van der Waals surface area contributed by atoms with E-state index in [-0.39, 0.29) is 26.2 Å². The molecule has 0 aliphatic rings. The van der Waals surface area contributed by atoms with Gasteiger partial charge in [0.1, 0.15) is 15.7 Å². The molecule has 0 heterocycles. The molecule has 0 fully saturated rings. The molecule has 0 unspecified atom stereocenters. The van der Waals surface area contributed by atoms with Gasteiger partial charge >= 0.3 is 0 Å². The average molecular weight is 345 g/mol. The van der Waals surface area contributed by atoms with Crippen molar-refractivity contribution in [1.82, 2.24) is 0 Å². The molecule has 0 bridgehead atoms. The van der Waals surface area contributed by atoms with Gasteiger partial charge in [-0.05, 0) is 30.3 Å². The van der Waals surface area contributed by atoms with Crippen molar-refractivity contribution in [1.29, 1.82) is 0 Å². The van der Waals surface area contributed by atoms with Crippen LogP contribution in [0.25, 0.3) is 0 Å². The van der Waals surface area contributed by atoms with Crippen molar-refractivity contribution < 1.29 is 12.8 Å². The van der Waals surface area contributed by atoms with E-state index in [0.717, 1.165) is 6.07 Å². The van der Waals surface area contributed by atoms with Gasteiger partial charge in [0, 0.05) is 11.3 Å². The van der Waals surface area contributed by atoms with Crippen LogP contribution in [0.15, 0.2) is 47.4 Å². The van der Waals surface area contributed by atoms with Crippen molar-refractivity contribution >= 4 is 44.5 Å². The van der Waals surface area contributed by atoms with Gasteiger partial charge in [0.25, 0.3) is 10.0 Å². The Kier molecular flexibility index (Phi) is 4.46. The van der Waals surface area contributed by atoms with Gasteiger partial charge in [-0.1, -0.05) is 36.0 Å². The smallest absolute Gasteiger partial charge is 0.263 e. The highest BCUT2D eigenvalue weighted by atomic mass is 35.5. The Bertz CT molecular complexity index is 810. The fourth-order valence-electron chi connectivity index (χ4n) is 1.65. The lowest BCUT2D eigenvalue weighted by Gasteiger charge is -2.10. The van der Waals surface area contributed by atoms with Crippen LogP contribution in [0.1, 0.15) is 5.56 Å². The van der Waals surface area contributed by atoms with Gasteiger partial charge in [-0.2, -0.15) is 0 Å². The van der Waals surface area contributed by atoms with E-state index in [2.05, 4.69) is 4.72 Å². The Morgan fingerprint density at radius 1 is 1.24 bits per heavy atom. The lowest BCUT2D eigenvalue weighted by Crippen LogP contribution is -2.16. The second-order valence-corrected chi connectivity index (χ2v) is 6.59. The highest BCUT2D eigenvalue weighted by Gasteiger charge is 2.18. The van der Waals surface area contributed by atoms with Gasteiger partial charge < -0.3 is 5.73 Å². The van der Waals surface area contributed by atoms with Gasteiger partial charge in [0.15, 0.2) is 0 Å². The standard InChI is InChI=1S/C13H10ClFN2O2S2/c14-10-3-1-2-4-12(10)21(18,19)17-8-5-6-11(15)9(7-8)13(16)20/h1-7,17H,(H2,16,20). The summed E-state index contributed by atoms with van der Waals surface area (Å²) >= 11 is 10.6. The Labute approximate surface area is 131 Å². The summed E-state index contributed by atoms with van der Waals surface area (Å²) in [4.78, 5) is -0.237. The number of nitrogens with two attached hydrogens (primary N) is 1. The molecule has 2 aromatic carbocycles. The molecule has 2 aromatic rings. The Balaban J connectivity index is 2.40. The minimum absolute atomic E-state index is 0.0376. The molecule has 0 aliphatic heterocycles. The van der Waals surface area contributed by atoms with E-state index in [1.165, 1.54) is 24.3 Å². The maximum Gasteiger partial charge on any atom is 0.263 e. The highest BCUT2D eigenvalue weighted by molar-refractivity contribution is 7.92. The van der Waals surface area contributed by atoms with E-state index in [1.54, 1.807) is 12.1 Å². The number of rotatable bonds is 4. The summed E-state index contributed by atoms with van der Waals surface area (Å²) in [6.07, 6.45) is 0. The van der Waals surface area contributed by atoms with Crippen LogP contribution >= 0.6 is 23.8 Å². The van der Waals surface area contributed by atoms with E-state index in [1.807, 2.05) is 0 Å². The zero-order chi connectivity index (χ0) is 15.6. The maximum absolute atomic E-state index is 13.5. The van der Waals surface area contributed by atoms with Gasteiger partial charge in [0.2, 0.25) is 0 Å². The molecule has 0 saturated carbocycles. The molecule has 0 aromatic heterocycles. The summed E-state index contributed by atoms with van der Waals surface area (Å²) in [5, 5.41) is 0.0849. The summed E-state index contributed by atoms with van der Waals surface area (Å²) < 4.78 is 40.2. The van der Waals surface area contributed by atoms with E-state index in [0.29, 0.717) is 0 Å². The number of benzene rings is 2. The third-order valence-corrected chi connectivity index (χ3v) is 4.71. The fraction of sp³-hybridized carbons (Fsp3) is 0. The van der Waals surface area contributed by atoms with E-state index in [4.69, 9.17) is 29.6 Å². The van der Waals surface area contributed by atoms with Gasteiger partial charge in [-0.25, -0.2) is 12.8 Å². The molecule has 8 heteroatoms. The number of hydrogen-bond donors (Lipinski definition) is 2. The third kappa shape index (κ3) is 3.49. The van der Waals surface area contributed by atoms with Crippen LogP contribution in [-0.2, 0) is 10.0 Å². The lowest BCUT2D eigenvalue weighted by atomic mass is 10.2. The van der Waals surface area contributed by atoms with E-state index >= 15 is 0 Å². The minimum atomic E-state index is -3.89. The van der Waals surface area contributed by atoms with Crippen LogP contribution in [0.4, 0.5) is 10.1 Å². The molecule has 0 spiro atoms. The molecule has 0 radical (unpaired) electrons. The summed E-state index contributed by atoms with van der Waals surface area (Å²) in [5.74, 6) is -0.622. The average Bonchev–Trinajstić information content (AvgIpc) is 2.40. The minimum Gasteiger partial charge on any atom is -0.389 e.